The Kier molecular flexibility index (Phi) is 3.99. The second-order valence-electron chi connectivity index (χ2n) is 4.79. The third-order valence-corrected chi connectivity index (χ3v) is 4.22. The molecule has 1 fully saturated rings. The molecule has 0 bridgehead atoms. The zero-order valence-electron chi connectivity index (χ0n) is 10.8. The molecule has 5 heteroatoms. The van der Waals surface area contributed by atoms with Crippen LogP contribution < -0.4 is 5.73 Å². The third-order valence-electron chi connectivity index (χ3n) is 3.01. The summed E-state index contributed by atoms with van der Waals surface area (Å²) in [7, 11) is 0. The van der Waals surface area contributed by atoms with Gasteiger partial charge in [0.25, 0.3) is 0 Å². The Morgan fingerprint density at radius 2 is 2.35 bits per heavy atom. The van der Waals surface area contributed by atoms with E-state index >= 15 is 0 Å². The van der Waals surface area contributed by atoms with Crippen LogP contribution in [0.3, 0.4) is 0 Å². The summed E-state index contributed by atoms with van der Waals surface area (Å²) in [4.78, 5) is 0. The SMILES string of the molecule is Cc1nn(C(C)C)c(SCC2CCCO2)c1N. The maximum atomic E-state index is 6.08. The lowest BCUT2D eigenvalue weighted by molar-refractivity contribution is 0.129. The zero-order valence-corrected chi connectivity index (χ0v) is 11.6. The van der Waals surface area contributed by atoms with Crippen LogP contribution in [0.5, 0.6) is 0 Å². The molecule has 1 aliphatic heterocycles. The van der Waals surface area contributed by atoms with E-state index in [1.54, 1.807) is 11.8 Å². The molecule has 2 heterocycles. The predicted octanol–water partition coefficient (Wildman–Crippen LogP) is 2.63. The molecule has 96 valence electrons. The first-order valence-electron chi connectivity index (χ1n) is 6.18. The van der Waals surface area contributed by atoms with Crippen LogP contribution in [0.25, 0.3) is 0 Å². The summed E-state index contributed by atoms with van der Waals surface area (Å²) in [6, 6.07) is 0.345. The molecule has 2 N–H and O–H groups in total. The van der Waals surface area contributed by atoms with E-state index in [1.165, 1.54) is 12.8 Å². The van der Waals surface area contributed by atoms with Crippen molar-refractivity contribution in [1.29, 1.82) is 0 Å². The van der Waals surface area contributed by atoms with Crippen LogP contribution in [-0.4, -0.2) is 28.2 Å². The van der Waals surface area contributed by atoms with Gasteiger partial charge in [-0.2, -0.15) is 5.10 Å². The van der Waals surface area contributed by atoms with Crippen LogP contribution in [0, 0.1) is 6.92 Å². The van der Waals surface area contributed by atoms with Crippen LogP contribution in [0.15, 0.2) is 5.03 Å². The molecule has 0 spiro atoms. The normalized spacial score (nSPS) is 20.4. The van der Waals surface area contributed by atoms with Gasteiger partial charge >= 0.3 is 0 Å². The molecule has 1 atom stereocenters. The topological polar surface area (TPSA) is 53.1 Å². The molecule has 0 saturated carbocycles. The number of aryl methyl sites for hydroxylation is 1. The van der Waals surface area contributed by atoms with Crippen molar-refractivity contribution in [2.24, 2.45) is 0 Å². The van der Waals surface area contributed by atoms with Crippen molar-refractivity contribution in [2.45, 2.75) is 50.8 Å². The first-order valence-corrected chi connectivity index (χ1v) is 7.17. The summed E-state index contributed by atoms with van der Waals surface area (Å²) < 4.78 is 7.65. The lowest BCUT2D eigenvalue weighted by Crippen LogP contribution is -2.10. The van der Waals surface area contributed by atoms with Crippen LogP contribution >= 0.6 is 11.8 Å². The van der Waals surface area contributed by atoms with Crippen molar-refractivity contribution in [2.75, 3.05) is 18.1 Å². The number of aromatic nitrogens is 2. The van der Waals surface area contributed by atoms with Gasteiger partial charge in [-0.15, -0.1) is 11.8 Å². The second-order valence-corrected chi connectivity index (χ2v) is 5.80. The molecule has 1 aromatic heterocycles. The van der Waals surface area contributed by atoms with Gasteiger partial charge in [-0.05, 0) is 33.6 Å². The molecular weight excluding hydrogens is 234 g/mol. The number of nitrogens with zero attached hydrogens (tertiary/aromatic N) is 2. The maximum Gasteiger partial charge on any atom is 0.118 e. The maximum absolute atomic E-state index is 6.08. The number of hydrogen-bond acceptors (Lipinski definition) is 4. The van der Waals surface area contributed by atoms with Crippen molar-refractivity contribution in [1.82, 2.24) is 9.78 Å². The van der Waals surface area contributed by atoms with Gasteiger partial charge in [-0.25, -0.2) is 0 Å². The Balaban J connectivity index is 2.07. The van der Waals surface area contributed by atoms with E-state index in [0.29, 0.717) is 12.1 Å². The second kappa shape index (κ2) is 5.31. The van der Waals surface area contributed by atoms with Gasteiger partial charge in [0.1, 0.15) is 5.03 Å². The highest BCUT2D eigenvalue weighted by Gasteiger charge is 2.20. The smallest absolute Gasteiger partial charge is 0.118 e. The van der Waals surface area contributed by atoms with Crippen molar-refractivity contribution < 1.29 is 4.74 Å². The lowest BCUT2D eigenvalue weighted by Gasteiger charge is -2.13. The fraction of sp³-hybridized carbons (Fsp3) is 0.750. The Bertz CT molecular complexity index is 383. The first kappa shape index (κ1) is 12.8. The highest BCUT2D eigenvalue weighted by Crippen LogP contribution is 2.32. The van der Waals surface area contributed by atoms with Crippen molar-refractivity contribution in [3.63, 3.8) is 0 Å². The third kappa shape index (κ3) is 2.77. The Hall–Kier alpha value is -0.680. The molecule has 1 unspecified atom stereocenters. The summed E-state index contributed by atoms with van der Waals surface area (Å²) in [6.45, 7) is 7.12. The van der Waals surface area contributed by atoms with Gasteiger partial charge in [0.15, 0.2) is 0 Å². The van der Waals surface area contributed by atoms with E-state index in [0.717, 1.165) is 28.8 Å². The highest BCUT2D eigenvalue weighted by atomic mass is 32.2. The number of ether oxygens (including phenoxy) is 1. The Morgan fingerprint density at radius 1 is 1.59 bits per heavy atom. The quantitative estimate of drug-likeness (QED) is 0.840. The summed E-state index contributed by atoms with van der Waals surface area (Å²) in [6.07, 6.45) is 2.74. The van der Waals surface area contributed by atoms with Crippen molar-refractivity contribution in [3.05, 3.63) is 5.69 Å². The summed E-state index contributed by atoms with van der Waals surface area (Å²) in [5.74, 6) is 0.974. The number of hydrogen-bond donors (Lipinski definition) is 1. The molecule has 2 rings (SSSR count). The number of thioether (sulfide) groups is 1. The van der Waals surface area contributed by atoms with Gasteiger partial charge in [0.05, 0.1) is 17.5 Å². The van der Waals surface area contributed by atoms with E-state index in [4.69, 9.17) is 10.5 Å². The molecule has 0 aliphatic carbocycles. The average molecular weight is 255 g/mol. The zero-order chi connectivity index (χ0) is 12.4. The van der Waals surface area contributed by atoms with Gasteiger partial charge in [0, 0.05) is 18.4 Å². The molecule has 0 aromatic carbocycles. The van der Waals surface area contributed by atoms with Gasteiger partial charge < -0.3 is 10.5 Å². The molecule has 0 amide bonds. The predicted molar refractivity (Wildman–Crippen MR) is 71.5 cm³/mol. The molecule has 1 saturated heterocycles. The number of nitrogen functional groups attached to an aromatic ring is 1. The minimum absolute atomic E-state index is 0.345. The monoisotopic (exact) mass is 255 g/mol. The fourth-order valence-corrected chi connectivity index (χ4v) is 3.27. The average Bonchev–Trinajstić information content (AvgIpc) is 2.87. The van der Waals surface area contributed by atoms with Crippen LogP contribution in [-0.2, 0) is 4.74 Å². The molecule has 0 radical (unpaired) electrons. The standard InChI is InChI=1S/C12H21N3OS/c1-8(2)15-12(11(13)9(3)14-15)17-7-10-5-4-6-16-10/h8,10H,4-7,13H2,1-3H3. The lowest BCUT2D eigenvalue weighted by atomic mass is 10.3. The van der Waals surface area contributed by atoms with Crippen molar-refractivity contribution >= 4 is 17.4 Å². The van der Waals surface area contributed by atoms with Gasteiger partial charge in [-0.3, -0.25) is 4.68 Å². The minimum atomic E-state index is 0.345. The highest BCUT2D eigenvalue weighted by molar-refractivity contribution is 7.99. The van der Waals surface area contributed by atoms with Gasteiger partial charge in [-0.1, -0.05) is 0 Å². The molecule has 17 heavy (non-hydrogen) atoms. The largest absolute Gasteiger partial charge is 0.395 e. The fourth-order valence-electron chi connectivity index (χ4n) is 1.98. The summed E-state index contributed by atoms with van der Waals surface area (Å²) >= 11 is 1.77. The number of anilines is 1. The molecule has 4 nitrogen and oxygen atoms in total. The van der Waals surface area contributed by atoms with Crippen LogP contribution in [0.4, 0.5) is 5.69 Å². The van der Waals surface area contributed by atoms with E-state index in [9.17, 15) is 0 Å². The van der Waals surface area contributed by atoms with Gasteiger partial charge in [0.2, 0.25) is 0 Å². The first-order chi connectivity index (χ1) is 8.09. The van der Waals surface area contributed by atoms with E-state index in [-0.39, 0.29) is 0 Å². The van der Waals surface area contributed by atoms with E-state index in [2.05, 4.69) is 18.9 Å². The number of rotatable bonds is 4. The minimum Gasteiger partial charge on any atom is -0.395 e. The summed E-state index contributed by atoms with van der Waals surface area (Å²) in [5, 5.41) is 5.58. The molecule has 1 aromatic rings. The molecular formula is C12H21N3OS. The van der Waals surface area contributed by atoms with E-state index in [1.807, 2.05) is 11.6 Å². The summed E-state index contributed by atoms with van der Waals surface area (Å²) in [5.41, 5.74) is 7.83. The Labute approximate surface area is 107 Å². The van der Waals surface area contributed by atoms with Crippen molar-refractivity contribution in [3.8, 4) is 0 Å². The molecule has 1 aliphatic rings. The van der Waals surface area contributed by atoms with Crippen LogP contribution in [0.2, 0.25) is 0 Å². The number of nitrogens with two attached hydrogens (primary N) is 1. The van der Waals surface area contributed by atoms with Crippen LogP contribution in [0.1, 0.15) is 38.4 Å². The Morgan fingerprint density at radius 3 is 2.94 bits per heavy atom. The van der Waals surface area contributed by atoms with E-state index < -0.39 is 0 Å².